The summed E-state index contributed by atoms with van der Waals surface area (Å²) in [7, 11) is 0. The van der Waals surface area contributed by atoms with E-state index in [9.17, 15) is 22.4 Å². The summed E-state index contributed by atoms with van der Waals surface area (Å²) in [5, 5.41) is 2.85. The minimum atomic E-state index is -2.89. The lowest BCUT2D eigenvalue weighted by Gasteiger charge is -2.32. The third-order valence-corrected chi connectivity index (χ3v) is 3.24. The van der Waals surface area contributed by atoms with Gasteiger partial charge in [-0.05, 0) is 5.56 Å². The standard InChI is InChI=1S/C12H14F4N2O.ClH/c13-10(14)7-18-6-8(1-2-11(18)19)9-5-17-4-3-12(9,15)16;/h1-2,6,9-10,17H,3-5,7H2;1H. The summed E-state index contributed by atoms with van der Waals surface area (Å²) in [4.78, 5) is 11.4. The van der Waals surface area contributed by atoms with E-state index in [-0.39, 0.29) is 37.5 Å². The van der Waals surface area contributed by atoms with Crippen LogP contribution in [0.15, 0.2) is 23.1 Å². The van der Waals surface area contributed by atoms with E-state index in [0.29, 0.717) is 0 Å². The third-order valence-electron chi connectivity index (χ3n) is 3.24. The summed E-state index contributed by atoms with van der Waals surface area (Å²) in [6, 6.07) is 2.35. The van der Waals surface area contributed by atoms with Crippen LogP contribution in [-0.4, -0.2) is 30.0 Å². The number of rotatable bonds is 3. The average molecular weight is 315 g/mol. The summed E-state index contributed by atoms with van der Waals surface area (Å²) in [6.45, 7) is -0.488. The average Bonchev–Trinajstić information content (AvgIpc) is 2.31. The van der Waals surface area contributed by atoms with Crippen LogP contribution in [0.5, 0.6) is 0 Å². The lowest BCUT2D eigenvalue weighted by Crippen LogP contribution is -2.43. The van der Waals surface area contributed by atoms with Crippen LogP contribution in [0, 0.1) is 0 Å². The van der Waals surface area contributed by atoms with Gasteiger partial charge in [0.1, 0.15) is 0 Å². The Bertz CT molecular complexity index is 506. The van der Waals surface area contributed by atoms with E-state index in [2.05, 4.69) is 5.32 Å². The quantitative estimate of drug-likeness (QED) is 0.868. The molecule has 1 N–H and O–H groups in total. The Balaban J connectivity index is 0.00000200. The Kier molecular flexibility index (Phi) is 5.59. The maximum absolute atomic E-state index is 13.8. The molecule has 0 amide bonds. The molecule has 3 nitrogen and oxygen atoms in total. The van der Waals surface area contributed by atoms with Gasteiger partial charge in [0.05, 0.1) is 12.5 Å². The van der Waals surface area contributed by atoms with Gasteiger partial charge in [0.2, 0.25) is 0 Å². The van der Waals surface area contributed by atoms with Gasteiger partial charge in [-0.1, -0.05) is 6.07 Å². The molecule has 1 aliphatic heterocycles. The lowest BCUT2D eigenvalue weighted by atomic mass is 9.89. The van der Waals surface area contributed by atoms with E-state index in [4.69, 9.17) is 0 Å². The highest BCUT2D eigenvalue weighted by Gasteiger charge is 2.42. The highest BCUT2D eigenvalue weighted by molar-refractivity contribution is 5.85. The zero-order chi connectivity index (χ0) is 14.0. The fourth-order valence-electron chi connectivity index (χ4n) is 2.23. The van der Waals surface area contributed by atoms with Crippen molar-refractivity contribution in [1.29, 1.82) is 0 Å². The van der Waals surface area contributed by atoms with E-state index >= 15 is 0 Å². The fraction of sp³-hybridized carbons (Fsp3) is 0.583. The Labute approximate surface area is 119 Å². The van der Waals surface area contributed by atoms with Gasteiger partial charge in [0.15, 0.2) is 0 Å². The Morgan fingerprint density at radius 3 is 2.70 bits per heavy atom. The highest BCUT2D eigenvalue weighted by atomic mass is 35.5. The highest BCUT2D eigenvalue weighted by Crippen LogP contribution is 2.37. The van der Waals surface area contributed by atoms with Crippen molar-refractivity contribution in [3.63, 3.8) is 0 Å². The minimum absolute atomic E-state index is 0. The smallest absolute Gasteiger partial charge is 0.257 e. The predicted molar refractivity (Wildman–Crippen MR) is 69.1 cm³/mol. The summed E-state index contributed by atoms with van der Waals surface area (Å²) >= 11 is 0. The molecule has 0 bridgehead atoms. The van der Waals surface area contributed by atoms with Gasteiger partial charge in [0.25, 0.3) is 17.9 Å². The lowest BCUT2D eigenvalue weighted by molar-refractivity contribution is -0.0481. The zero-order valence-electron chi connectivity index (χ0n) is 10.5. The van der Waals surface area contributed by atoms with Crippen LogP contribution in [0.25, 0.3) is 0 Å². The fourth-order valence-corrected chi connectivity index (χ4v) is 2.23. The molecule has 0 aromatic carbocycles. The first-order chi connectivity index (χ1) is 8.90. The van der Waals surface area contributed by atoms with Crippen molar-refractivity contribution >= 4 is 12.4 Å². The molecule has 1 fully saturated rings. The Morgan fingerprint density at radius 2 is 2.10 bits per heavy atom. The van der Waals surface area contributed by atoms with Crippen molar-refractivity contribution in [2.45, 2.75) is 31.2 Å². The van der Waals surface area contributed by atoms with Gasteiger partial charge in [-0.25, -0.2) is 17.6 Å². The van der Waals surface area contributed by atoms with Crippen LogP contribution < -0.4 is 10.9 Å². The van der Waals surface area contributed by atoms with Gasteiger partial charge < -0.3 is 9.88 Å². The van der Waals surface area contributed by atoms with Crippen LogP contribution >= 0.6 is 12.4 Å². The van der Waals surface area contributed by atoms with Crippen molar-refractivity contribution in [3.05, 3.63) is 34.2 Å². The predicted octanol–water partition coefficient (Wildman–Crippen LogP) is 2.25. The van der Waals surface area contributed by atoms with Gasteiger partial charge in [-0.3, -0.25) is 4.79 Å². The molecule has 1 aliphatic rings. The molecule has 0 aliphatic carbocycles. The van der Waals surface area contributed by atoms with Crippen LogP contribution in [0.3, 0.4) is 0 Å². The number of hydrogen-bond acceptors (Lipinski definition) is 2. The first kappa shape index (κ1) is 17.0. The number of pyridine rings is 1. The molecular formula is C12H15ClF4N2O. The topological polar surface area (TPSA) is 34.0 Å². The second-order valence-electron chi connectivity index (χ2n) is 4.61. The number of nitrogens with one attached hydrogen (secondary N) is 1. The molecule has 0 radical (unpaired) electrons. The molecular weight excluding hydrogens is 300 g/mol. The van der Waals surface area contributed by atoms with Crippen molar-refractivity contribution in [2.75, 3.05) is 13.1 Å². The Hall–Kier alpha value is -1.08. The SMILES string of the molecule is Cl.O=c1ccc(C2CNCCC2(F)F)cn1CC(F)F. The van der Waals surface area contributed by atoms with Crippen molar-refractivity contribution in [2.24, 2.45) is 0 Å². The second kappa shape index (κ2) is 6.58. The zero-order valence-corrected chi connectivity index (χ0v) is 11.3. The molecule has 1 saturated heterocycles. The summed E-state index contributed by atoms with van der Waals surface area (Å²) in [5.41, 5.74) is -0.409. The number of hydrogen-bond donors (Lipinski definition) is 1. The summed E-state index contributed by atoms with van der Waals surface area (Å²) < 4.78 is 52.9. The first-order valence-corrected chi connectivity index (χ1v) is 5.97. The van der Waals surface area contributed by atoms with E-state index in [0.717, 1.165) is 16.8 Å². The molecule has 0 saturated carbocycles. The van der Waals surface area contributed by atoms with E-state index in [1.807, 2.05) is 0 Å². The molecule has 20 heavy (non-hydrogen) atoms. The molecule has 1 aromatic rings. The molecule has 1 unspecified atom stereocenters. The monoisotopic (exact) mass is 314 g/mol. The van der Waals surface area contributed by atoms with E-state index < -0.39 is 30.4 Å². The molecule has 0 spiro atoms. The number of aromatic nitrogens is 1. The normalized spacial score (nSPS) is 21.6. The molecule has 114 valence electrons. The van der Waals surface area contributed by atoms with Crippen molar-refractivity contribution in [1.82, 2.24) is 9.88 Å². The van der Waals surface area contributed by atoms with Crippen molar-refractivity contribution in [3.8, 4) is 0 Å². The second-order valence-corrected chi connectivity index (χ2v) is 4.61. The molecule has 8 heteroatoms. The van der Waals surface area contributed by atoms with Gasteiger partial charge in [-0.15, -0.1) is 12.4 Å². The molecule has 1 aromatic heterocycles. The van der Waals surface area contributed by atoms with Crippen LogP contribution in [0.2, 0.25) is 0 Å². The van der Waals surface area contributed by atoms with Crippen LogP contribution in [0.4, 0.5) is 17.6 Å². The molecule has 2 heterocycles. The number of halogens is 5. The molecule has 1 atom stereocenters. The van der Waals surface area contributed by atoms with Crippen LogP contribution in [-0.2, 0) is 6.54 Å². The number of piperidine rings is 1. The summed E-state index contributed by atoms with van der Waals surface area (Å²) in [5.74, 6) is -3.98. The van der Waals surface area contributed by atoms with Crippen LogP contribution in [0.1, 0.15) is 17.9 Å². The van der Waals surface area contributed by atoms with Gasteiger partial charge >= 0.3 is 0 Å². The van der Waals surface area contributed by atoms with E-state index in [1.54, 1.807) is 0 Å². The van der Waals surface area contributed by atoms with Gasteiger partial charge in [-0.2, -0.15) is 0 Å². The largest absolute Gasteiger partial charge is 0.316 e. The third kappa shape index (κ3) is 3.73. The Morgan fingerprint density at radius 1 is 1.40 bits per heavy atom. The van der Waals surface area contributed by atoms with Crippen molar-refractivity contribution < 1.29 is 17.6 Å². The first-order valence-electron chi connectivity index (χ1n) is 5.97. The van der Waals surface area contributed by atoms with Gasteiger partial charge in [0, 0.05) is 31.8 Å². The molecule has 2 rings (SSSR count). The maximum Gasteiger partial charge on any atom is 0.257 e. The van der Waals surface area contributed by atoms with E-state index in [1.165, 1.54) is 6.07 Å². The number of alkyl halides is 4. The summed E-state index contributed by atoms with van der Waals surface area (Å²) in [6.07, 6.45) is -1.89. The minimum Gasteiger partial charge on any atom is -0.316 e. The number of nitrogens with zero attached hydrogens (tertiary/aromatic N) is 1. The maximum atomic E-state index is 13.8.